The largest absolute Gasteiger partial charge is 0.491 e. The topological polar surface area (TPSA) is 41.9 Å². The van der Waals surface area contributed by atoms with Crippen molar-refractivity contribution in [3.05, 3.63) is 29.6 Å². The Labute approximate surface area is 118 Å². The van der Waals surface area contributed by atoms with Gasteiger partial charge in [0.25, 0.3) is 0 Å². The van der Waals surface area contributed by atoms with Crippen LogP contribution in [0.25, 0.3) is 0 Å². The third-order valence-electron chi connectivity index (χ3n) is 3.01. The first-order valence-corrected chi connectivity index (χ1v) is 6.62. The predicted octanol–water partition coefficient (Wildman–Crippen LogP) is 0.880. The molecule has 4 nitrogen and oxygen atoms in total. The normalized spacial score (nSPS) is 15.5. The number of rotatable bonds is 4. The number of morpholine rings is 1. The van der Waals surface area contributed by atoms with Crippen LogP contribution in [-0.2, 0) is 4.74 Å². The van der Waals surface area contributed by atoms with Gasteiger partial charge < -0.3 is 14.6 Å². The Morgan fingerprint density at radius 1 is 1.35 bits per heavy atom. The standard InChI is InChI=1S/C15H18FNO3/c16-14-3-4-15(13(12-14)2-1-8-18)20-11-7-17-5-9-19-10-6-17/h3-4,12,18H,5-11H2. The number of hydrogen-bond donors (Lipinski definition) is 1. The molecule has 0 aliphatic carbocycles. The molecule has 1 N–H and O–H groups in total. The highest BCUT2D eigenvalue weighted by Crippen LogP contribution is 2.18. The average Bonchev–Trinajstić information content (AvgIpc) is 2.48. The Balaban J connectivity index is 1.91. The molecule has 0 spiro atoms. The maximum atomic E-state index is 13.2. The summed E-state index contributed by atoms with van der Waals surface area (Å²) >= 11 is 0. The summed E-state index contributed by atoms with van der Waals surface area (Å²) in [6.45, 7) is 4.37. The lowest BCUT2D eigenvalue weighted by Gasteiger charge is -2.26. The fourth-order valence-corrected chi connectivity index (χ4v) is 1.97. The molecular formula is C15H18FNO3. The van der Waals surface area contributed by atoms with Gasteiger partial charge in [0.05, 0.1) is 18.8 Å². The second kappa shape index (κ2) is 7.85. The first-order chi connectivity index (χ1) is 9.79. The third kappa shape index (κ3) is 4.49. The van der Waals surface area contributed by atoms with Crippen molar-refractivity contribution in [3.63, 3.8) is 0 Å². The number of halogens is 1. The first kappa shape index (κ1) is 14.8. The number of nitrogens with zero attached hydrogens (tertiary/aromatic N) is 1. The van der Waals surface area contributed by atoms with Crippen molar-refractivity contribution >= 4 is 0 Å². The van der Waals surface area contributed by atoms with E-state index in [1.165, 1.54) is 12.1 Å². The molecule has 0 amide bonds. The zero-order chi connectivity index (χ0) is 14.2. The molecule has 20 heavy (non-hydrogen) atoms. The third-order valence-corrected chi connectivity index (χ3v) is 3.01. The molecule has 1 aromatic rings. The summed E-state index contributed by atoms with van der Waals surface area (Å²) in [5, 5.41) is 8.71. The molecule has 0 unspecified atom stereocenters. The molecular weight excluding hydrogens is 261 g/mol. The van der Waals surface area contributed by atoms with Gasteiger partial charge in [0.1, 0.15) is 24.8 Å². The second-order valence-corrected chi connectivity index (χ2v) is 4.40. The van der Waals surface area contributed by atoms with Gasteiger partial charge in [-0.25, -0.2) is 4.39 Å². The summed E-state index contributed by atoms with van der Waals surface area (Å²) in [5.74, 6) is 5.37. The van der Waals surface area contributed by atoms with E-state index in [1.54, 1.807) is 6.07 Å². The second-order valence-electron chi connectivity index (χ2n) is 4.40. The summed E-state index contributed by atoms with van der Waals surface area (Å²) in [4.78, 5) is 2.26. The maximum Gasteiger partial charge on any atom is 0.135 e. The van der Waals surface area contributed by atoms with E-state index in [0.29, 0.717) is 17.9 Å². The molecule has 0 atom stereocenters. The Morgan fingerprint density at radius 3 is 2.90 bits per heavy atom. The van der Waals surface area contributed by atoms with Crippen LogP contribution in [0, 0.1) is 17.7 Å². The van der Waals surface area contributed by atoms with E-state index in [2.05, 4.69) is 16.7 Å². The van der Waals surface area contributed by atoms with Gasteiger partial charge in [0.2, 0.25) is 0 Å². The molecule has 5 heteroatoms. The molecule has 0 aromatic heterocycles. The number of aliphatic hydroxyl groups excluding tert-OH is 1. The molecule has 1 heterocycles. The molecule has 1 aliphatic heterocycles. The molecule has 1 saturated heterocycles. The van der Waals surface area contributed by atoms with Gasteiger partial charge in [-0.1, -0.05) is 11.8 Å². The van der Waals surface area contributed by atoms with Crippen LogP contribution in [0.5, 0.6) is 5.75 Å². The molecule has 108 valence electrons. The molecule has 0 bridgehead atoms. The van der Waals surface area contributed by atoms with Gasteiger partial charge in [0.15, 0.2) is 0 Å². The first-order valence-electron chi connectivity index (χ1n) is 6.62. The lowest BCUT2D eigenvalue weighted by atomic mass is 10.2. The average molecular weight is 279 g/mol. The minimum atomic E-state index is -0.368. The van der Waals surface area contributed by atoms with Gasteiger partial charge in [0, 0.05) is 19.6 Å². The quantitative estimate of drug-likeness (QED) is 0.831. The summed E-state index contributed by atoms with van der Waals surface area (Å²) in [6, 6.07) is 4.22. The van der Waals surface area contributed by atoms with Crippen LogP contribution in [0.2, 0.25) is 0 Å². The van der Waals surface area contributed by atoms with Crippen LogP contribution >= 0.6 is 0 Å². The lowest BCUT2D eigenvalue weighted by Crippen LogP contribution is -2.38. The van der Waals surface area contributed by atoms with E-state index in [4.69, 9.17) is 14.6 Å². The van der Waals surface area contributed by atoms with Crippen LogP contribution in [0.1, 0.15) is 5.56 Å². The fourth-order valence-electron chi connectivity index (χ4n) is 1.97. The Kier molecular flexibility index (Phi) is 5.81. The van der Waals surface area contributed by atoms with Gasteiger partial charge in [-0.05, 0) is 18.2 Å². The minimum absolute atomic E-state index is 0.260. The molecule has 0 saturated carbocycles. The van der Waals surface area contributed by atoms with Crippen molar-refractivity contribution in [1.82, 2.24) is 4.90 Å². The fraction of sp³-hybridized carbons (Fsp3) is 0.467. The van der Waals surface area contributed by atoms with Crippen molar-refractivity contribution < 1.29 is 19.0 Å². The van der Waals surface area contributed by atoms with E-state index >= 15 is 0 Å². The summed E-state index contributed by atoms with van der Waals surface area (Å²) in [5.41, 5.74) is 0.459. The van der Waals surface area contributed by atoms with Crippen LogP contribution in [0.4, 0.5) is 4.39 Å². The van der Waals surface area contributed by atoms with Gasteiger partial charge >= 0.3 is 0 Å². The highest BCUT2D eigenvalue weighted by molar-refractivity contribution is 5.46. The van der Waals surface area contributed by atoms with Crippen molar-refractivity contribution in [3.8, 4) is 17.6 Å². The summed E-state index contributed by atoms with van der Waals surface area (Å²) in [6.07, 6.45) is 0. The van der Waals surface area contributed by atoms with Crippen molar-refractivity contribution in [2.24, 2.45) is 0 Å². The van der Waals surface area contributed by atoms with Crippen molar-refractivity contribution in [2.45, 2.75) is 0 Å². The van der Waals surface area contributed by atoms with Crippen LogP contribution in [0.3, 0.4) is 0 Å². The Hall–Kier alpha value is -1.61. The Bertz CT molecular complexity index is 490. The summed E-state index contributed by atoms with van der Waals surface area (Å²) < 4.78 is 24.1. The van der Waals surface area contributed by atoms with Gasteiger partial charge in [-0.3, -0.25) is 4.90 Å². The predicted molar refractivity (Wildman–Crippen MR) is 73.1 cm³/mol. The molecule has 1 aromatic carbocycles. The molecule has 1 fully saturated rings. The SMILES string of the molecule is OCC#Cc1cc(F)ccc1OCCN1CCOCC1. The van der Waals surface area contributed by atoms with E-state index in [0.717, 1.165) is 32.8 Å². The van der Waals surface area contributed by atoms with Crippen molar-refractivity contribution in [2.75, 3.05) is 46.1 Å². The summed E-state index contributed by atoms with van der Waals surface area (Å²) in [7, 11) is 0. The number of aliphatic hydroxyl groups is 1. The van der Waals surface area contributed by atoms with E-state index in [9.17, 15) is 4.39 Å². The monoisotopic (exact) mass is 279 g/mol. The van der Waals surface area contributed by atoms with Gasteiger partial charge in [-0.2, -0.15) is 0 Å². The van der Waals surface area contributed by atoms with E-state index < -0.39 is 0 Å². The van der Waals surface area contributed by atoms with Crippen molar-refractivity contribution in [1.29, 1.82) is 0 Å². The van der Waals surface area contributed by atoms with Gasteiger partial charge in [-0.15, -0.1) is 0 Å². The lowest BCUT2D eigenvalue weighted by molar-refractivity contribution is 0.0322. The zero-order valence-corrected chi connectivity index (χ0v) is 11.3. The minimum Gasteiger partial charge on any atom is -0.491 e. The molecule has 2 rings (SSSR count). The van der Waals surface area contributed by atoms with Crippen LogP contribution < -0.4 is 4.74 Å². The van der Waals surface area contributed by atoms with E-state index in [-0.39, 0.29) is 12.4 Å². The number of ether oxygens (including phenoxy) is 2. The molecule has 0 radical (unpaired) electrons. The highest BCUT2D eigenvalue weighted by atomic mass is 19.1. The maximum absolute atomic E-state index is 13.2. The Morgan fingerprint density at radius 2 is 2.15 bits per heavy atom. The highest BCUT2D eigenvalue weighted by Gasteiger charge is 2.10. The van der Waals surface area contributed by atoms with Crippen LogP contribution in [-0.4, -0.2) is 56.1 Å². The molecule has 1 aliphatic rings. The smallest absolute Gasteiger partial charge is 0.135 e. The van der Waals surface area contributed by atoms with E-state index in [1.807, 2.05) is 0 Å². The zero-order valence-electron chi connectivity index (χ0n) is 11.3. The number of benzene rings is 1. The number of hydrogen-bond acceptors (Lipinski definition) is 4. The van der Waals surface area contributed by atoms with Crippen LogP contribution in [0.15, 0.2) is 18.2 Å².